The number of ether oxygens (including phenoxy) is 2. The molecule has 0 bridgehead atoms. The van der Waals surface area contributed by atoms with Gasteiger partial charge in [-0.2, -0.15) is 0 Å². The largest absolute Gasteiger partial charge is 0.496 e. The lowest BCUT2D eigenvalue weighted by molar-refractivity contribution is 0.112. The Balaban J connectivity index is 2.94. The van der Waals surface area contributed by atoms with E-state index in [1.54, 1.807) is 32.4 Å². The highest BCUT2D eigenvalue weighted by Gasteiger charge is 2.13. The molecule has 0 saturated heterocycles. The van der Waals surface area contributed by atoms with E-state index in [1.807, 2.05) is 6.92 Å². The molecule has 1 aromatic heterocycles. The number of methoxy groups -OCH3 is 2. The van der Waals surface area contributed by atoms with Crippen molar-refractivity contribution in [3.05, 3.63) is 29.5 Å². The van der Waals surface area contributed by atoms with Gasteiger partial charge in [0.2, 0.25) is 0 Å². The first-order chi connectivity index (χ1) is 8.21. The summed E-state index contributed by atoms with van der Waals surface area (Å²) in [5, 5.41) is 0.687. The Hall–Kier alpha value is -2.10. The summed E-state index contributed by atoms with van der Waals surface area (Å²) in [5.74, 6) is 1.25. The summed E-state index contributed by atoms with van der Waals surface area (Å²) in [4.78, 5) is 15.5. The maximum Gasteiger partial charge on any atom is 0.150 e. The van der Waals surface area contributed by atoms with Gasteiger partial charge in [0, 0.05) is 11.3 Å². The zero-order chi connectivity index (χ0) is 12.4. The van der Waals surface area contributed by atoms with Crippen LogP contribution in [0.1, 0.15) is 16.1 Å². The number of carbonyl (C=O) groups excluding carboxylic acids is 1. The van der Waals surface area contributed by atoms with Crippen molar-refractivity contribution in [1.82, 2.24) is 4.98 Å². The summed E-state index contributed by atoms with van der Waals surface area (Å²) in [7, 11) is 3.14. The molecule has 0 saturated carbocycles. The van der Waals surface area contributed by atoms with Crippen molar-refractivity contribution < 1.29 is 14.3 Å². The summed E-state index contributed by atoms with van der Waals surface area (Å²) in [5.41, 5.74) is 1.98. The van der Waals surface area contributed by atoms with E-state index >= 15 is 0 Å². The number of hydrogen-bond donors (Lipinski definition) is 0. The van der Waals surface area contributed by atoms with Crippen LogP contribution in [0.25, 0.3) is 10.9 Å². The normalized spacial score (nSPS) is 10.3. The fourth-order valence-electron chi connectivity index (χ4n) is 1.88. The number of pyridine rings is 1. The average Bonchev–Trinajstić information content (AvgIpc) is 2.36. The molecule has 0 atom stereocenters. The summed E-state index contributed by atoms with van der Waals surface area (Å²) < 4.78 is 10.5. The van der Waals surface area contributed by atoms with Crippen molar-refractivity contribution >= 4 is 17.2 Å². The van der Waals surface area contributed by atoms with Crippen LogP contribution in [0.3, 0.4) is 0 Å². The third kappa shape index (κ3) is 1.82. The monoisotopic (exact) mass is 231 g/mol. The van der Waals surface area contributed by atoms with Crippen LogP contribution in [0.4, 0.5) is 0 Å². The molecule has 2 aromatic rings. The highest BCUT2D eigenvalue weighted by atomic mass is 16.5. The van der Waals surface area contributed by atoms with Gasteiger partial charge in [-0.05, 0) is 25.1 Å². The van der Waals surface area contributed by atoms with Crippen molar-refractivity contribution in [2.24, 2.45) is 0 Å². The molecule has 0 aliphatic carbocycles. The van der Waals surface area contributed by atoms with Crippen molar-refractivity contribution in [2.45, 2.75) is 6.92 Å². The van der Waals surface area contributed by atoms with Crippen LogP contribution in [-0.2, 0) is 0 Å². The second-order valence-corrected chi connectivity index (χ2v) is 3.66. The molecule has 0 N–H and O–H groups in total. The minimum atomic E-state index is 0.559. The molecule has 0 spiro atoms. The molecule has 1 heterocycles. The smallest absolute Gasteiger partial charge is 0.150 e. The van der Waals surface area contributed by atoms with Crippen LogP contribution in [0, 0.1) is 6.92 Å². The van der Waals surface area contributed by atoms with Crippen molar-refractivity contribution in [3.8, 4) is 11.5 Å². The maximum absolute atomic E-state index is 11.1. The maximum atomic E-state index is 11.1. The van der Waals surface area contributed by atoms with Gasteiger partial charge in [0.1, 0.15) is 17.0 Å². The van der Waals surface area contributed by atoms with Crippen LogP contribution in [-0.4, -0.2) is 25.5 Å². The minimum absolute atomic E-state index is 0.559. The third-order valence-electron chi connectivity index (χ3n) is 2.61. The average molecular weight is 231 g/mol. The van der Waals surface area contributed by atoms with E-state index in [1.165, 1.54) is 0 Å². The highest BCUT2D eigenvalue weighted by Crippen LogP contribution is 2.33. The van der Waals surface area contributed by atoms with Gasteiger partial charge in [-0.3, -0.25) is 4.79 Å². The first kappa shape index (κ1) is 11.4. The number of aldehydes is 1. The highest BCUT2D eigenvalue weighted by molar-refractivity contribution is 6.02. The molecular formula is C13H13NO3. The van der Waals surface area contributed by atoms with Crippen molar-refractivity contribution in [3.63, 3.8) is 0 Å². The number of hydrogen-bond acceptors (Lipinski definition) is 4. The Morgan fingerprint density at radius 1 is 1.18 bits per heavy atom. The van der Waals surface area contributed by atoms with Gasteiger partial charge >= 0.3 is 0 Å². The van der Waals surface area contributed by atoms with E-state index < -0.39 is 0 Å². The molecule has 0 aliphatic rings. The Bertz CT molecular complexity index is 578. The molecule has 0 aliphatic heterocycles. The zero-order valence-corrected chi connectivity index (χ0v) is 9.98. The van der Waals surface area contributed by atoms with Gasteiger partial charge in [0.25, 0.3) is 0 Å². The second kappa shape index (κ2) is 4.41. The van der Waals surface area contributed by atoms with Gasteiger partial charge < -0.3 is 9.47 Å². The first-order valence-electron chi connectivity index (χ1n) is 5.18. The lowest BCUT2D eigenvalue weighted by Crippen LogP contribution is -1.96. The lowest BCUT2D eigenvalue weighted by atomic mass is 10.1. The molecular weight excluding hydrogens is 218 g/mol. The Morgan fingerprint density at radius 2 is 1.82 bits per heavy atom. The predicted octanol–water partition coefficient (Wildman–Crippen LogP) is 2.37. The van der Waals surface area contributed by atoms with Crippen LogP contribution in [0.15, 0.2) is 18.2 Å². The fourth-order valence-corrected chi connectivity index (χ4v) is 1.88. The summed E-state index contributed by atoms with van der Waals surface area (Å²) in [6.07, 6.45) is 0.805. The SMILES string of the molecule is COc1ccc(OC)c2c(C=O)cc(C)nc12. The first-order valence-corrected chi connectivity index (χ1v) is 5.18. The number of aryl methyl sites for hydroxylation is 1. The predicted molar refractivity (Wildman–Crippen MR) is 65.0 cm³/mol. The molecule has 88 valence electrons. The number of aromatic nitrogens is 1. The van der Waals surface area contributed by atoms with E-state index in [-0.39, 0.29) is 0 Å². The van der Waals surface area contributed by atoms with Crippen LogP contribution in [0.2, 0.25) is 0 Å². The quantitative estimate of drug-likeness (QED) is 0.761. The Kier molecular flexibility index (Phi) is 2.95. The molecule has 4 heteroatoms. The molecule has 0 unspecified atom stereocenters. The Labute approximate surface area is 99.2 Å². The molecule has 0 fully saturated rings. The fraction of sp³-hybridized carbons (Fsp3) is 0.231. The number of benzene rings is 1. The number of fused-ring (bicyclic) bond motifs is 1. The summed E-state index contributed by atoms with van der Waals surface area (Å²) in [6, 6.07) is 5.28. The molecule has 4 nitrogen and oxygen atoms in total. The van der Waals surface area contributed by atoms with Crippen LogP contribution < -0.4 is 9.47 Å². The van der Waals surface area contributed by atoms with E-state index in [2.05, 4.69) is 4.98 Å². The van der Waals surface area contributed by atoms with E-state index in [9.17, 15) is 4.79 Å². The number of rotatable bonds is 3. The van der Waals surface area contributed by atoms with Crippen LogP contribution >= 0.6 is 0 Å². The lowest BCUT2D eigenvalue weighted by Gasteiger charge is -2.11. The standard InChI is InChI=1S/C13H13NO3/c1-8-6-9(7-15)12-10(16-2)4-5-11(17-3)13(12)14-8/h4-7H,1-3H3. The van der Waals surface area contributed by atoms with E-state index in [0.717, 1.165) is 12.0 Å². The molecule has 0 amide bonds. The molecule has 1 aromatic carbocycles. The van der Waals surface area contributed by atoms with Gasteiger partial charge in [-0.25, -0.2) is 4.98 Å². The van der Waals surface area contributed by atoms with Gasteiger partial charge in [-0.15, -0.1) is 0 Å². The van der Waals surface area contributed by atoms with E-state index in [4.69, 9.17) is 9.47 Å². The second-order valence-electron chi connectivity index (χ2n) is 3.66. The number of carbonyl (C=O) groups is 1. The molecule has 2 rings (SSSR count). The Morgan fingerprint density at radius 3 is 2.41 bits per heavy atom. The van der Waals surface area contributed by atoms with E-state index in [0.29, 0.717) is 28.0 Å². The molecule has 17 heavy (non-hydrogen) atoms. The van der Waals surface area contributed by atoms with Gasteiger partial charge in [0.05, 0.1) is 19.6 Å². The minimum Gasteiger partial charge on any atom is -0.496 e. The van der Waals surface area contributed by atoms with Crippen molar-refractivity contribution in [1.29, 1.82) is 0 Å². The third-order valence-corrected chi connectivity index (χ3v) is 2.61. The van der Waals surface area contributed by atoms with Gasteiger partial charge in [-0.1, -0.05) is 0 Å². The summed E-state index contributed by atoms with van der Waals surface area (Å²) >= 11 is 0. The van der Waals surface area contributed by atoms with Crippen LogP contribution in [0.5, 0.6) is 11.5 Å². The zero-order valence-electron chi connectivity index (χ0n) is 9.98. The van der Waals surface area contributed by atoms with Crippen molar-refractivity contribution in [2.75, 3.05) is 14.2 Å². The number of nitrogens with zero attached hydrogens (tertiary/aromatic N) is 1. The summed E-state index contributed by atoms with van der Waals surface area (Å²) in [6.45, 7) is 1.84. The van der Waals surface area contributed by atoms with Gasteiger partial charge in [0.15, 0.2) is 6.29 Å². The topological polar surface area (TPSA) is 48.4 Å². The molecule has 0 radical (unpaired) electrons.